The number of pyridine rings is 1. The number of hydrogen-bond acceptors (Lipinski definition) is 4. The monoisotopic (exact) mass is 263 g/mol. The van der Waals surface area contributed by atoms with Crippen LogP contribution in [0, 0.1) is 5.92 Å². The second-order valence-electron chi connectivity index (χ2n) is 5.36. The van der Waals surface area contributed by atoms with Gasteiger partial charge in [-0.1, -0.05) is 6.92 Å². The molecular weight excluding hydrogens is 238 g/mol. The van der Waals surface area contributed by atoms with Gasteiger partial charge in [-0.05, 0) is 50.4 Å². The molecule has 0 radical (unpaired) electrons. The van der Waals surface area contributed by atoms with E-state index in [1.165, 1.54) is 0 Å². The number of piperidine rings is 1. The summed E-state index contributed by atoms with van der Waals surface area (Å²) < 4.78 is 0. The molecule has 2 heterocycles. The molecule has 2 rings (SSSR count). The highest BCUT2D eigenvalue weighted by Gasteiger charge is 2.18. The Morgan fingerprint density at radius 1 is 1.42 bits per heavy atom. The standard InChI is InChI=1S/C15H25N3O/c1-2-6-16-14-3-7-17-15(10-14)11-18-8-4-13(12-19)5-9-18/h3,7,10,13,19H,2,4-6,8-9,11-12H2,1H3,(H,16,17). The molecule has 0 unspecified atom stereocenters. The van der Waals surface area contributed by atoms with Crippen molar-refractivity contribution in [2.75, 3.05) is 31.6 Å². The van der Waals surface area contributed by atoms with E-state index in [-0.39, 0.29) is 0 Å². The molecule has 4 heteroatoms. The Labute approximate surface area is 115 Å². The first-order valence-corrected chi connectivity index (χ1v) is 7.34. The molecule has 0 atom stereocenters. The Bertz CT molecular complexity index is 375. The summed E-state index contributed by atoms with van der Waals surface area (Å²) in [6, 6.07) is 4.17. The van der Waals surface area contributed by atoms with Crippen LogP contribution in [0.3, 0.4) is 0 Å². The zero-order valence-corrected chi connectivity index (χ0v) is 11.8. The lowest BCUT2D eigenvalue weighted by Crippen LogP contribution is -2.34. The third kappa shape index (κ3) is 4.48. The minimum atomic E-state index is 0.336. The van der Waals surface area contributed by atoms with Crippen LogP contribution in [0.4, 0.5) is 5.69 Å². The normalized spacial score (nSPS) is 17.6. The maximum Gasteiger partial charge on any atom is 0.0564 e. The lowest BCUT2D eigenvalue weighted by atomic mass is 9.98. The summed E-state index contributed by atoms with van der Waals surface area (Å²) in [5.74, 6) is 0.502. The summed E-state index contributed by atoms with van der Waals surface area (Å²) >= 11 is 0. The lowest BCUT2D eigenvalue weighted by molar-refractivity contribution is 0.126. The highest BCUT2D eigenvalue weighted by Crippen LogP contribution is 2.18. The van der Waals surface area contributed by atoms with E-state index in [1.54, 1.807) is 0 Å². The number of anilines is 1. The first-order chi connectivity index (χ1) is 9.31. The number of aliphatic hydroxyl groups is 1. The third-order valence-electron chi connectivity index (χ3n) is 3.75. The van der Waals surface area contributed by atoms with E-state index >= 15 is 0 Å². The van der Waals surface area contributed by atoms with Crippen molar-refractivity contribution in [2.45, 2.75) is 32.7 Å². The molecule has 1 aromatic rings. The molecule has 1 saturated heterocycles. The maximum absolute atomic E-state index is 9.15. The second-order valence-corrected chi connectivity index (χ2v) is 5.36. The Kier molecular flexibility index (Phi) is 5.61. The molecule has 0 bridgehead atoms. The Morgan fingerprint density at radius 3 is 2.89 bits per heavy atom. The van der Waals surface area contributed by atoms with Gasteiger partial charge in [0.1, 0.15) is 0 Å². The summed E-state index contributed by atoms with van der Waals surface area (Å²) in [6.45, 7) is 6.56. The Morgan fingerprint density at radius 2 is 2.21 bits per heavy atom. The summed E-state index contributed by atoms with van der Waals surface area (Å²) in [6.07, 6.45) is 5.22. The van der Waals surface area contributed by atoms with Crippen LogP contribution in [0.2, 0.25) is 0 Å². The van der Waals surface area contributed by atoms with Crippen molar-refractivity contribution in [1.29, 1.82) is 0 Å². The van der Waals surface area contributed by atoms with Crippen molar-refractivity contribution in [2.24, 2.45) is 5.92 Å². The molecule has 1 aliphatic rings. The molecule has 0 spiro atoms. The summed E-state index contributed by atoms with van der Waals surface area (Å²) in [5.41, 5.74) is 2.29. The Hall–Kier alpha value is -1.13. The summed E-state index contributed by atoms with van der Waals surface area (Å²) in [7, 11) is 0. The van der Waals surface area contributed by atoms with Crippen LogP contribution in [-0.4, -0.2) is 41.2 Å². The van der Waals surface area contributed by atoms with Gasteiger partial charge in [-0.25, -0.2) is 0 Å². The zero-order valence-electron chi connectivity index (χ0n) is 11.8. The van der Waals surface area contributed by atoms with Crippen molar-refractivity contribution < 1.29 is 5.11 Å². The van der Waals surface area contributed by atoms with Crippen molar-refractivity contribution in [1.82, 2.24) is 9.88 Å². The van der Waals surface area contributed by atoms with Gasteiger partial charge >= 0.3 is 0 Å². The second kappa shape index (κ2) is 7.46. The van der Waals surface area contributed by atoms with Crippen molar-refractivity contribution >= 4 is 5.69 Å². The van der Waals surface area contributed by atoms with E-state index < -0.39 is 0 Å². The number of aliphatic hydroxyl groups excluding tert-OH is 1. The highest BCUT2D eigenvalue weighted by molar-refractivity contribution is 5.43. The topological polar surface area (TPSA) is 48.4 Å². The smallest absolute Gasteiger partial charge is 0.0564 e. The van der Waals surface area contributed by atoms with E-state index in [0.717, 1.165) is 56.8 Å². The summed E-state index contributed by atoms with van der Waals surface area (Å²) in [5, 5.41) is 12.5. The number of likely N-dealkylation sites (tertiary alicyclic amines) is 1. The van der Waals surface area contributed by atoms with Gasteiger partial charge in [-0.15, -0.1) is 0 Å². The number of nitrogens with one attached hydrogen (secondary N) is 1. The van der Waals surface area contributed by atoms with Crippen molar-refractivity contribution in [3.63, 3.8) is 0 Å². The fourth-order valence-electron chi connectivity index (χ4n) is 2.50. The first kappa shape index (κ1) is 14.3. The number of hydrogen-bond donors (Lipinski definition) is 2. The lowest BCUT2D eigenvalue weighted by Gasteiger charge is -2.30. The molecule has 1 fully saturated rings. The molecule has 4 nitrogen and oxygen atoms in total. The van der Waals surface area contributed by atoms with Gasteiger partial charge in [-0.2, -0.15) is 0 Å². The molecule has 0 aliphatic carbocycles. The maximum atomic E-state index is 9.15. The Balaban J connectivity index is 1.85. The number of aromatic nitrogens is 1. The van der Waals surface area contributed by atoms with E-state index in [2.05, 4.69) is 28.2 Å². The molecule has 0 saturated carbocycles. The van der Waals surface area contributed by atoms with E-state index in [1.807, 2.05) is 12.3 Å². The fraction of sp³-hybridized carbons (Fsp3) is 0.667. The fourth-order valence-corrected chi connectivity index (χ4v) is 2.50. The van der Waals surface area contributed by atoms with E-state index in [0.29, 0.717) is 12.5 Å². The van der Waals surface area contributed by atoms with Crippen LogP contribution >= 0.6 is 0 Å². The van der Waals surface area contributed by atoms with Crippen molar-refractivity contribution in [3.05, 3.63) is 24.0 Å². The van der Waals surface area contributed by atoms with Crippen LogP contribution in [0.25, 0.3) is 0 Å². The quantitative estimate of drug-likeness (QED) is 0.825. The minimum Gasteiger partial charge on any atom is -0.396 e. The SMILES string of the molecule is CCCNc1ccnc(CN2CCC(CO)CC2)c1. The predicted molar refractivity (Wildman–Crippen MR) is 78.1 cm³/mol. The molecule has 2 N–H and O–H groups in total. The van der Waals surface area contributed by atoms with Crippen molar-refractivity contribution in [3.8, 4) is 0 Å². The molecule has 19 heavy (non-hydrogen) atoms. The van der Waals surface area contributed by atoms with Crippen LogP contribution < -0.4 is 5.32 Å². The highest BCUT2D eigenvalue weighted by atomic mass is 16.3. The zero-order chi connectivity index (χ0) is 13.5. The minimum absolute atomic E-state index is 0.336. The summed E-state index contributed by atoms with van der Waals surface area (Å²) in [4.78, 5) is 6.88. The first-order valence-electron chi connectivity index (χ1n) is 7.34. The van der Waals surface area contributed by atoms with Gasteiger partial charge in [-0.3, -0.25) is 9.88 Å². The largest absolute Gasteiger partial charge is 0.396 e. The average molecular weight is 263 g/mol. The average Bonchev–Trinajstić information content (AvgIpc) is 2.46. The molecule has 0 amide bonds. The third-order valence-corrected chi connectivity index (χ3v) is 3.75. The van der Waals surface area contributed by atoms with E-state index in [9.17, 15) is 0 Å². The van der Waals surface area contributed by atoms with Crippen LogP contribution in [0.1, 0.15) is 31.9 Å². The molecule has 1 aromatic heterocycles. The number of nitrogens with zero attached hydrogens (tertiary/aromatic N) is 2. The molecule has 0 aromatic carbocycles. The van der Waals surface area contributed by atoms with Gasteiger partial charge in [0.25, 0.3) is 0 Å². The van der Waals surface area contributed by atoms with Gasteiger partial charge < -0.3 is 10.4 Å². The molecular formula is C15H25N3O. The predicted octanol–water partition coefficient (Wildman–Crippen LogP) is 2.11. The number of rotatable bonds is 6. The van der Waals surface area contributed by atoms with Gasteiger partial charge in [0.15, 0.2) is 0 Å². The van der Waals surface area contributed by atoms with Gasteiger partial charge in [0.2, 0.25) is 0 Å². The van der Waals surface area contributed by atoms with Crippen LogP contribution in [0.5, 0.6) is 0 Å². The van der Waals surface area contributed by atoms with Crippen LogP contribution in [0.15, 0.2) is 18.3 Å². The molecule has 1 aliphatic heterocycles. The molecule has 106 valence electrons. The van der Waals surface area contributed by atoms with Gasteiger partial charge in [0, 0.05) is 31.6 Å². The van der Waals surface area contributed by atoms with Crippen LogP contribution in [-0.2, 0) is 6.54 Å². The van der Waals surface area contributed by atoms with E-state index in [4.69, 9.17) is 5.11 Å². The van der Waals surface area contributed by atoms with Gasteiger partial charge in [0.05, 0.1) is 5.69 Å².